The van der Waals surface area contributed by atoms with E-state index in [9.17, 15) is 9.90 Å². The second-order valence-electron chi connectivity index (χ2n) is 4.27. The van der Waals surface area contributed by atoms with Crippen LogP contribution in [0.4, 0.5) is 0 Å². The summed E-state index contributed by atoms with van der Waals surface area (Å²) in [4.78, 5) is 19.5. The second kappa shape index (κ2) is 6.92. The van der Waals surface area contributed by atoms with Crippen molar-refractivity contribution < 1.29 is 5.11 Å². The largest absolute Gasteiger partial charge is 0.392 e. The first-order valence-electron chi connectivity index (χ1n) is 6.30. The number of hydrogen-bond acceptors (Lipinski definition) is 4. The summed E-state index contributed by atoms with van der Waals surface area (Å²) in [5.41, 5.74) is 1.24. The summed E-state index contributed by atoms with van der Waals surface area (Å²) in [5.74, 6) is 0. The SMILES string of the molecule is CCCc1cc(=O)[nH]c(Sc2cccc(Cl)c2CO)n1. The summed E-state index contributed by atoms with van der Waals surface area (Å²) >= 11 is 7.34. The Morgan fingerprint density at radius 2 is 2.25 bits per heavy atom. The van der Waals surface area contributed by atoms with Gasteiger partial charge >= 0.3 is 0 Å². The van der Waals surface area contributed by atoms with Gasteiger partial charge in [-0.2, -0.15) is 0 Å². The number of benzene rings is 1. The number of nitrogens with zero attached hydrogens (tertiary/aromatic N) is 1. The molecule has 0 amide bonds. The second-order valence-corrected chi connectivity index (χ2v) is 5.71. The fourth-order valence-electron chi connectivity index (χ4n) is 1.81. The van der Waals surface area contributed by atoms with Crippen LogP contribution in [-0.2, 0) is 13.0 Å². The maximum atomic E-state index is 11.6. The van der Waals surface area contributed by atoms with Crippen molar-refractivity contribution in [3.05, 3.63) is 50.9 Å². The van der Waals surface area contributed by atoms with Gasteiger partial charge in [0, 0.05) is 27.2 Å². The molecule has 0 aliphatic carbocycles. The standard InChI is InChI=1S/C14H15ClN2O2S/c1-2-4-9-7-13(19)17-14(16-9)20-12-6-3-5-11(15)10(12)8-18/h3,5-7,18H,2,4,8H2,1H3,(H,16,17,19). The number of nitrogens with one attached hydrogen (secondary N) is 1. The van der Waals surface area contributed by atoms with Crippen LogP contribution >= 0.6 is 23.4 Å². The third-order valence-corrected chi connectivity index (χ3v) is 4.06. The first-order chi connectivity index (χ1) is 9.63. The third-order valence-electron chi connectivity index (χ3n) is 2.72. The zero-order valence-corrected chi connectivity index (χ0v) is 12.6. The molecule has 0 bridgehead atoms. The molecule has 0 aliphatic rings. The Balaban J connectivity index is 2.35. The van der Waals surface area contributed by atoms with Gasteiger partial charge in [-0.05, 0) is 18.6 Å². The maximum Gasteiger partial charge on any atom is 0.251 e. The molecule has 0 radical (unpaired) electrons. The molecule has 2 N–H and O–H groups in total. The van der Waals surface area contributed by atoms with E-state index in [4.69, 9.17) is 11.6 Å². The predicted octanol–water partition coefficient (Wildman–Crippen LogP) is 3.02. The van der Waals surface area contributed by atoms with Crippen LogP contribution in [0.3, 0.4) is 0 Å². The van der Waals surface area contributed by atoms with Crippen molar-refractivity contribution in [2.24, 2.45) is 0 Å². The van der Waals surface area contributed by atoms with E-state index in [0.717, 1.165) is 23.4 Å². The molecule has 0 fully saturated rings. The van der Waals surface area contributed by atoms with Crippen LogP contribution in [0.5, 0.6) is 0 Å². The molecular formula is C14H15ClN2O2S. The van der Waals surface area contributed by atoms with Gasteiger partial charge in [-0.25, -0.2) is 4.98 Å². The normalized spacial score (nSPS) is 10.8. The van der Waals surface area contributed by atoms with Crippen LogP contribution in [0.25, 0.3) is 0 Å². The Labute approximate surface area is 126 Å². The topological polar surface area (TPSA) is 66.0 Å². The van der Waals surface area contributed by atoms with Crippen molar-refractivity contribution in [3.63, 3.8) is 0 Å². The van der Waals surface area contributed by atoms with Crippen molar-refractivity contribution in [1.82, 2.24) is 9.97 Å². The van der Waals surface area contributed by atoms with Gasteiger partial charge in [-0.3, -0.25) is 4.79 Å². The number of aromatic amines is 1. The van der Waals surface area contributed by atoms with Gasteiger partial charge in [0.05, 0.1) is 6.61 Å². The highest BCUT2D eigenvalue weighted by Gasteiger charge is 2.09. The molecule has 0 unspecified atom stereocenters. The first kappa shape index (κ1) is 15.1. The highest BCUT2D eigenvalue weighted by molar-refractivity contribution is 7.99. The van der Waals surface area contributed by atoms with Crippen LogP contribution in [0, 0.1) is 0 Å². The van der Waals surface area contributed by atoms with Crippen molar-refractivity contribution in [3.8, 4) is 0 Å². The Bertz CT molecular complexity index is 658. The maximum absolute atomic E-state index is 11.6. The van der Waals surface area contributed by atoms with Crippen LogP contribution < -0.4 is 5.56 Å². The molecule has 1 aromatic carbocycles. The molecule has 20 heavy (non-hydrogen) atoms. The Hall–Kier alpha value is -1.30. The lowest BCUT2D eigenvalue weighted by molar-refractivity contribution is 0.279. The van der Waals surface area contributed by atoms with Gasteiger partial charge in [0.15, 0.2) is 5.16 Å². The third kappa shape index (κ3) is 3.62. The molecule has 0 aliphatic heterocycles. The molecule has 1 heterocycles. The number of H-pyrrole nitrogens is 1. The van der Waals surface area contributed by atoms with E-state index in [1.165, 1.54) is 17.8 Å². The number of aromatic nitrogens is 2. The van der Waals surface area contributed by atoms with E-state index in [-0.39, 0.29) is 12.2 Å². The number of aliphatic hydroxyl groups excluding tert-OH is 1. The highest BCUT2D eigenvalue weighted by atomic mass is 35.5. The molecule has 4 nitrogen and oxygen atoms in total. The average Bonchev–Trinajstić information content (AvgIpc) is 2.38. The predicted molar refractivity (Wildman–Crippen MR) is 80.4 cm³/mol. The molecule has 6 heteroatoms. The van der Waals surface area contributed by atoms with Crippen LogP contribution in [0.1, 0.15) is 24.6 Å². The molecule has 2 rings (SSSR count). The monoisotopic (exact) mass is 310 g/mol. The molecule has 0 saturated heterocycles. The summed E-state index contributed by atoms with van der Waals surface area (Å²) < 4.78 is 0. The van der Waals surface area contributed by atoms with Gasteiger partial charge < -0.3 is 10.1 Å². The Kier molecular flexibility index (Phi) is 5.23. The molecule has 0 saturated carbocycles. The summed E-state index contributed by atoms with van der Waals surface area (Å²) in [6.07, 6.45) is 1.69. The van der Waals surface area contributed by atoms with Gasteiger partial charge in [-0.15, -0.1) is 0 Å². The smallest absolute Gasteiger partial charge is 0.251 e. The number of halogens is 1. The summed E-state index contributed by atoms with van der Waals surface area (Å²) in [7, 11) is 0. The minimum absolute atomic E-state index is 0.152. The molecule has 106 valence electrons. The van der Waals surface area contributed by atoms with Gasteiger partial charge in [0.2, 0.25) is 0 Å². The number of aryl methyl sites for hydroxylation is 1. The summed E-state index contributed by atoms with van der Waals surface area (Å²) in [6.45, 7) is 1.89. The highest BCUT2D eigenvalue weighted by Crippen LogP contribution is 2.31. The van der Waals surface area contributed by atoms with Crippen molar-refractivity contribution in [2.75, 3.05) is 0 Å². The number of rotatable bonds is 5. The van der Waals surface area contributed by atoms with E-state index in [2.05, 4.69) is 9.97 Å². The fraction of sp³-hybridized carbons (Fsp3) is 0.286. The molecule has 2 aromatic rings. The van der Waals surface area contributed by atoms with Crippen LogP contribution in [-0.4, -0.2) is 15.1 Å². The lowest BCUT2D eigenvalue weighted by Gasteiger charge is -2.08. The number of aliphatic hydroxyl groups is 1. The van der Waals surface area contributed by atoms with Gasteiger partial charge in [-0.1, -0.05) is 42.8 Å². The van der Waals surface area contributed by atoms with E-state index in [1.807, 2.05) is 13.0 Å². The van der Waals surface area contributed by atoms with Crippen molar-refractivity contribution in [1.29, 1.82) is 0 Å². The zero-order valence-electron chi connectivity index (χ0n) is 11.0. The molecule has 0 atom stereocenters. The summed E-state index contributed by atoms with van der Waals surface area (Å²) in [5, 5.41) is 10.4. The minimum atomic E-state index is -0.168. The van der Waals surface area contributed by atoms with E-state index >= 15 is 0 Å². The lowest BCUT2D eigenvalue weighted by atomic mass is 10.2. The van der Waals surface area contributed by atoms with E-state index < -0.39 is 0 Å². The quantitative estimate of drug-likeness (QED) is 0.833. The molecule has 0 spiro atoms. The van der Waals surface area contributed by atoms with Crippen LogP contribution in [0.15, 0.2) is 39.1 Å². The fourth-order valence-corrected chi connectivity index (χ4v) is 3.07. The van der Waals surface area contributed by atoms with E-state index in [1.54, 1.807) is 12.1 Å². The summed E-state index contributed by atoms with van der Waals surface area (Å²) in [6, 6.07) is 6.88. The van der Waals surface area contributed by atoms with Crippen molar-refractivity contribution >= 4 is 23.4 Å². The average molecular weight is 311 g/mol. The Morgan fingerprint density at radius 1 is 1.45 bits per heavy atom. The van der Waals surface area contributed by atoms with Gasteiger partial charge in [0.25, 0.3) is 5.56 Å². The van der Waals surface area contributed by atoms with Crippen molar-refractivity contribution in [2.45, 2.75) is 36.4 Å². The zero-order chi connectivity index (χ0) is 14.5. The van der Waals surface area contributed by atoms with E-state index in [0.29, 0.717) is 15.7 Å². The molecule has 1 aromatic heterocycles. The first-order valence-corrected chi connectivity index (χ1v) is 7.49. The molecular weight excluding hydrogens is 296 g/mol. The van der Waals surface area contributed by atoms with Gasteiger partial charge in [0.1, 0.15) is 0 Å². The Morgan fingerprint density at radius 3 is 2.95 bits per heavy atom. The number of hydrogen-bond donors (Lipinski definition) is 2. The minimum Gasteiger partial charge on any atom is -0.392 e. The lowest BCUT2D eigenvalue weighted by Crippen LogP contribution is -2.10. The van der Waals surface area contributed by atoms with Crippen LogP contribution in [0.2, 0.25) is 5.02 Å².